The Morgan fingerprint density at radius 1 is 0.373 bits per heavy atom. The summed E-state index contributed by atoms with van der Waals surface area (Å²) < 4.78 is 11.3. The van der Waals surface area contributed by atoms with E-state index in [0.717, 1.165) is 38.6 Å². The van der Waals surface area contributed by atoms with Crippen molar-refractivity contribution in [2.24, 2.45) is 0 Å². The summed E-state index contributed by atoms with van der Waals surface area (Å²) in [6.07, 6.45) is 0. The maximum Gasteiger partial charge on any atom is 0.164 e. The molecule has 4 aromatic heterocycles. The zero-order valence-electron chi connectivity index (χ0n) is 27.0. The van der Waals surface area contributed by atoms with Gasteiger partial charge in [-0.05, 0) is 60.2 Å². The lowest BCUT2D eigenvalue weighted by atomic mass is 9.97. The molecule has 0 amide bonds. The van der Waals surface area contributed by atoms with Gasteiger partial charge in [-0.2, -0.15) is 0 Å². The van der Waals surface area contributed by atoms with Crippen LogP contribution in [-0.4, -0.2) is 15.0 Å². The molecule has 4 nitrogen and oxygen atoms in total. The molecule has 0 bridgehead atoms. The predicted octanol–water partition coefficient (Wildman–Crippen LogP) is 13.2. The molecule has 51 heavy (non-hydrogen) atoms. The van der Waals surface area contributed by atoms with Crippen LogP contribution >= 0.6 is 22.7 Å². The van der Waals surface area contributed by atoms with E-state index in [9.17, 15) is 0 Å². The third kappa shape index (κ3) is 4.54. The first kappa shape index (κ1) is 28.6. The van der Waals surface area contributed by atoms with Gasteiger partial charge in [-0.3, -0.25) is 0 Å². The zero-order chi connectivity index (χ0) is 33.5. The highest BCUT2D eigenvalue weighted by molar-refractivity contribution is 7.26. The van der Waals surface area contributed by atoms with Gasteiger partial charge in [-0.15, -0.1) is 22.7 Å². The second-order valence-electron chi connectivity index (χ2n) is 12.8. The van der Waals surface area contributed by atoms with Crippen LogP contribution in [0.15, 0.2) is 156 Å². The highest BCUT2D eigenvalue weighted by Crippen LogP contribution is 2.46. The van der Waals surface area contributed by atoms with Crippen LogP contribution in [0, 0.1) is 0 Å². The Hall–Kier alpha value is -6.21. The molecule has 0 spiro atoms. The summed E-state index contributed by atoms with van der Waals surface area (Å²) in [5.74, 6) is 1.90. The molecular formula is C45H25N3OS2. The number of furan rings is 1. The molecule has 0 fully saturated rings. The number of rotatable bonds is 4. The van der Waals surface area contributed by atoms with Crippen LogP contribution in [0.5, 0.6) is 0 Å². The van der Waals surface area contributed by atoms with E-state index in [0.29, 0.717) is 17.5 Å². The van der Waals surface area contributed by atoms with E-state index in [1.54, 1.807) is 0 Å². The zero-order valence-corrected chi connectivity index (χ0v) is 28.6. The molecule has 0 aliphatic carbocycles. The van der Waals surface area contributed by atoms with Crippen molar-refractivity contribution in [3.05, 3.63) is 152 Å². The van der Waals surface area contributed by atoms with Gasteiger partial charge in [0.05, 0.1) is 0 Å². The number of aromatic nitrogens is 3. The van der Waals surface area contributed by atoms with E-state index >= 15 is 0 Å². The summed E-state index contributed by atoms with van der Waals surface area (Å²) in [5, 5.41) is 7.19. The molecule has 0 aliphatic rings. The van der Waals surface area contributed by atoms with Crippen molar-refractivity contribution in [3.8, 4) is 45.3 Å². The lowest BCUT2D eigenvalue weighted by Gasteiger charge is -2.09. The highest BCUT2D eigenvalue weighted by Gasteiger charge is 2.18. The van der Waals surface area contributed by atoms with Crippen LogP contribution in [-0.2, 0) is 0 Å². The maximum absolute atomic E-state index is 6.13. The molecule has 238 valence electrons. The molecule has 7 aromatic carbocycles. The van der Waals surface area contributed by atoms with Crippen LogP contribution in [0.2, 0.25) is 0 Å². The first-order chi connectivity index (χ1) is 25.2. The second-order valence-corrected chi connectivity index (χ2v) is 14.9. The predicted molar refractivity (Wildman–Crippen MR) is 215 cm³/mol. The van der Waals surface area contributed by atoms with Gasteiger partial charge in [-0.1, -0.05) is 97.1 Å². The van der Waals surface area contributed by atoms with Crippen LogP contribution < -0.4 is 0 Å². The van der Waals surface area contributed by atoms with Gasteiger partial charge in [0.25, 0.3) is 0 Å². The number of hydrogen-bond acceptors (Lipinski definition) is 6. The number of hydrogen-bond donors (Lipinski definition) is 0. The Bertz CT molecular complexity index is 3160. The summed E-state index contributed by atoms with van der Waals surface area (Å²) in [7, 11) is 0. The number of para-hydroxylation sites is 1. The average Bonchev–Trinajstić information content (AvgIpc) is 3.89. The first-order valence-corrected chi connectivity index (χ1v) is 18.5. The average molecular weight is 688 g/mol. The van der Waals surface area contributed by atoms with Crippen molar-refractivity contribution in [1.29, 1.82) is 0 Å². The van der Waals surface area contributed by atoms with Gasteiger partial charge in [-0.25, -0.2) is 15.0 Å². The fourth-order valence-electron chi connectivity index (χ4n) is 7.37. The normalized spacial score (nSPS) is 11.9. The summed E-state index contributed by atoms with van der Waals surface area (Å²) in [6, 6.07) is 53.2. The first-order valence-electron chi connectivity index (χ1n) is 16.8. The van der Waals surface area contributed by atoms with E-state index in [1.165, 1.54) is 51.5 Å². The van der Waals surface area contributed by atoms with Crippen molar-refractivity contribution < 1.29 is 4.42 Å². The molecule has 0 saturated carbocycles. The minimum absolute atomic E-state index is 0.624. The van der Waals surface area contributed by atoms with E-state index in [-0.39, 0.29) is 0 Å². The lowest BCUT2D eigenvalue weighted by molar-refractivity contribution is 0.669. The van der Waals surface area contributed by atoms with Crippen molar-refractivity contribution in [1.82, 2.24) is 15.0 Å². The van der Waals surface area contributed by atoms with Gasteiger partial charge in [0.2, 0.25) is 0 Å². The molecular weight excluding hydrogens is 663 g/mol. The smallest absolute Gasteiger partial charge is 0.164 e. The Morgan fingerprint density at radius 3 is 1.84 bits per heavy atom. The monoisotopic (exact) mass is 687 g/mol. The summed E-state index contributed by atoms with van der Waals surface area (Å²) in [4.78, 5) is 15.2. The summed E-state index contributed by atoms with van der Waals surface area (Å²) in [6.45, 7) is 0. The topological polar surface area (TPSA) is 51.8 Å². The Balaban J connectivity index is 1.12. The standard InChI is InChI=1S/C45H25N3OS2/c1-2-10-26(11-3-1)43-46-44(27-20-22-37-34(24-27)29-12-4-6-17-36(29)49-37)48-45(47-43)28-21-23-39-35(25-28)41-31(14-9-19-40(41)50-39)33-16-8-15-32-30-13-5-7-18-38(30)51-42(32)33/h1-25H. The van der Waals surface area contributed by atoms with E-state index in [1.807, 2.05) is 83.3 Å². The second kappa shape index (κ2) is 11.2. The molecule has 0 unspecified atom stereocenters. The van der Waals surface area contributed by atoms with Crippen LogP contribution in [0.1, 0.15) is 0 Å². The third-order valence-corrected chi connectivity index (χ3v) is 12.1. The lowest BCUT2D eigenvalue weighted by Crippen LogP contribution is -2.00. The van der Waals surface area contributed by atoms with Crippen molar-refractivity contribution in [3.63, 3.8) is 0 Å². The molecule has 6 heteroatoms. The Labute approximate surface area is 299 Å². The molecule has 0 N–H and O–H groups in total. The van der Waals surface area contributed by atoms with Crippen LogP contribution in [0.4, 0.5) is 0 Å². The molecule has 0 aliphatic heterocycles. The fourth-order valence-corrected chi connectivity index (χ4v) is 9.71. The minimum Gasteiger partial charge on any atom is -0.456 e. The molecule has 0 saturated heterocycles. The maximum atomic E-state index is 6.13. The summed E-state index contributed by atoms with van der Waals surface area (Å²) >= 11 is 3.70. The van der Waals surface area contributed by atoms with Gasteiger partial charge >= 0.3 is 0 Å². The number of thiophene rings is 2. The van der Waals surface area contributed by atoms with E-state index in [4.69, 9.17) is 19.4 Å². The van der Waals surface area contributed by atoms with Crippen LogP contribution in [0.3, 0.4) is 0 Å². The van der Waals surface area contributed by atoms with E-state index in [2.05, 4.69) is 91.0 Å². The molecule has 0 atom stereocenters. The molecule has 11 aromatic rings. The van der Waals surface area contributed by atoms with E-state index < -0.39 is 0 Å². The van der Waals surface area contributed by atoms with Gasteiger partial charge in [0.15, 0.2) is 17.5 Å². The number of fused-ring (bicyclic) bond motifs is 9. The highest BCUT2D eigenvalue weighted by atomic mass is 32.1. The Kier molecular flexibility index (Phi) is 6.26. The van der Waals surface area contributed by atoms with Crippen molar-refractivity contribution in [2.75, 3.05) is 0 Å². The van der Waals surface area contributed by atoms with Crippen molar-refractivity contribution in [2.45, 2.75) is 0 Å². The van der Waals surface area contributed by atoms with Crippen molar-refractivity contribution >= 4 is 85.0 Å². The minimum atomic E-state index is 0.624. The van der Waals surface area contributed by atoms with Gasteiger partial charge < -0.3 is 4.42 Å². The van der Waals surface area contributed by atoms with Crippen LogP contribution in [0.25, 0.3) is 108 Å². The molecule has 4 heterocycles. The third-order valence-electron chi connectivity index (χ3n) is 9.75. The number of nitrogens with zero attached hydrogens (tertiary/aromatic N) is 3. The summed E-state index contributed by atoms with van der Waals surface area (Å²) in [5.41, 5.74) is 7.02. The van der Waals surface area contributed by atoms with Gasteiger partial charge in [0, 0.05) is 73.4 Å². The quantitative estimate of drug-likeness (QED) is 0.185. The fraction of sp³-hybridized carbons (Fsp3) is 0. The molecule has 11 rings (SSSR count). The Morgan fingerprint density at radius 2 is 0.980 bits per heavy atom. The largest absolute Gasteiger partial charge is 0.456 e. The number of benzene rings is 7. The van der Waals surface area contributed by atoms with Gasteiger partial charge in [0.1, 0.15) is 11.2 Å². The SMILES string of the molecule is c1ccc(-c2nc(-c3ccc4oc5ccccc5c4c3)nc(-c3ccc4sc5cccc(-c6cccc7c6sc6ccccc67)c5c4c3)n2)cc1. The molecule has 0 radical (unpaired) electrons.